The van der Waals surface area contributed by atoms with Gasteiger partial charge in [-0.15, -0.1) is 0 Å². The molecule has 80 valence electrons. The Hall–Kier alpha value is -1.32. The number of aryl methyl sites for hydroxylation is 1. The van der Waals surface area contributed by atoms with E-state index in [4.69, 9.17) is 0 Å². The molecule has 1 aromatic rings. The van der Waals surface area contributed by atoms with Crippen LogP contribution in [0.25, 0.3) is 0 Å². The van der Waals surface area contributed by atoms with Crippen LogP contribution in [-0.2, 0) is 12.0 Å². The number of hydrogen-bond donors (Lipinski definition) is 0. The Morgan fingerprint density at radius 2 is 1.73 bits per heavy atom. The van der Waals surface area contributed by atoms with Crippen molar-refractivity contribution >= 4 is 6.21 Å². The van der Waals surface area contributed by atoms with Crippen LogP contribution in [0, 0.1) is 0 Å². The average Bonchev–Trinajstić information content (AvgIpc) is 2.98. The lowest BCUT2D eigenvalue weighted by atomic mass is 9.96. The molecule has 0 N–H and O–H groups in total. The highest BCUT2D eigenvalue weighted by atomic mass is 19.4. The number of halogens is 3. The van der Waals surface area contributed by atoms with Crippen LogP contribution in [0.1, 0.15) is 18.1 Å². The molecule has 0 fully saturated rings. The highest BCUT2D eigenvalue weighted by Crippen LogP contribution is 2.47. The summed E-state index contributed by atoms with van der Waals surface area (Å²) < 4.78 is 37.9. The van der Waals surface area contributed by atoms with E-state index in [9.17, 15) is 13.2 Å². The molecule has 0 spiro atoms. The number of alkyl halides is 3. The van der Waals surface area contributed by atoms with E-state index in [1.807, 2.05) is 6.92 Å². The predicted molar refractivity (Wildman–Crippen MR) is 52.0 cm³/mol. The molecule has 0 bridgehead atoms. The Kier molecular flexibility index (Phi) is 2.10. The maximum atomic E-state index is 12.6. The number of aliphatic imine (C=N–C) groups is 1. The van der Waals surface area contributed by atoms with E-state index < -0.39 is 11.7 Å². The molecule has 1 heterocycles. The van der Waals surface area contributed by atoms with Gasteiger partial charge in [-0.05, 0) is 17.5 Å². The SMILES string of the molecule is CCc1ccc(C2(C(F)(F)F)C=N2)cc1. The van der Waals surface area contributed by atoms with Gasteiger partial charge in [-0.1, -0.05) is 31.2 Å². The number of hydrogen-bond acceptors (Lipinski definition) is 1. The summed E-state index contributed by atoms with van der Waals surface area (Å²) in [4.78, 5) is 3.38. The number of benzene rings is 1. The molecule has 0 saturated heterocycles. The fourth-order valence-corrected chi connectivity index (χ4v) is 1.52. The molecular formula is C11H10F3N. The minimum absolute atomic E-state index is 0.201. The first-order chi connectivity index (χ1) is 6.99. The Balaban J connectivity index is 2.31. The van der Waals surface area contributed by atoms with Gasteiger partial charge in [0.1, 0.15) is 0 Å². The van der Waals surface area contributed by atoms with Crippen molar-refractivity contribution in [1.82, 2.24) is 0 Å². The predicted octanol–water partition coefficient (Wildman–Crippen LogP) is 3.09. The van der Waals surface area contributed by atoms with Crippen LogP contribution < -0.4 is 0 Å². The summed E-state index contributed by atoms with van der Waals surface area (Å²) in [6.07, 6.45) is -2.55. The molecule has 1 nitrogen and oxygen atoms in total. The molecule has 0 radical (unpaired) electrons. The zero-order valence-corrected chi connectivity index (χ0v) is 8.17. The van der Waals surface area contributed by atoms with Crippen molar-refractivity contribution in [3.05, 3.63) is 35.4 Å². The summed E-state index contributed by atoms with van der Waals surface area (Å²) in [6.45, 7) is 1.96. The van der Waals surface area contributed by atoms with Crippen LogP contribution in [-0.4, -0.2) is 12.4 Å². The van der Waals surface area contributed by atoms with Gasteiger partial charge < -0.3 is 0 Å². The highest BCUT2D eigenvalue weighted by molar-refractivity contribution is 5.87. The van der Waals surface area contributed by atoms with E-state index in [1.165, 1.54) is 12.1 Å². The van der Waals surface area contributed by atoms with Crippen LogP contribution in [0.15, 0.2) is 29.3 Å². The Morgan fingerprint density at radius 3 is 2.07 bits per heavy atom. The summed E-state index contributed by atoms with van der Waals surface area (Å²) in [5, 5.41) is 0. The fraction of sp³-hybridized carbons (Fsp3) is 0.364. The molecule has 4 heteroatoms. The third-order valence-electron chi connectivity index (χ3n) is 2.62. The topological polar surface area (TPSA) is 12.4 Å². The Morgan fingerprint density at radius 1 is 1.20 bits per heavy atom. The smallest absolute Gasteiger partial charge is 0.267 e. The van der Waals surface area contributed by atoms with E-state index >= 15 is 0 Å². The first kappa shape index (κ1) is 10.2. The molecule has 0 saturated carbocycles. The van der Waals surface area contributed by atoms with Crippen LogP contribution in [0.5, 0.6) is 0 Å². The van der Waals surface area contributed by atoms with E-state index in [-0.39, 0.29) is 5.56 Å². The normalized spacial score (nSPS) is 24.3. The fourth-order valence-electron chi connectivity index (χ4n) is 1.52. The van der Waals surface area contributed by atoms with Gasteiger partial charge in [0.05, 0.1) is 0 Å². The van der Waals surface area contributed by atoms with Crippen LogP contribution in [0.2, 0.25) is 0 Å². The number of rotatable bonds is 2. The molecule has 2 rings (SSSR count). The third-order valence-corrected chi connectivity index (χ3v) is 2.62. The zero-order chi connectivity index (χ0) is 11.1. The van der Waals surface area contributed by atoms with Gasteiger partial charge in [0.25, 0.3) is 0 Å². The summed E-state index contributed by atoms with van der Waals surface area (Å²) in [5.41, 5.74) is -0.803. The maximum absolute atomic E-state index is 12.6. The molecule has 1 atom stereocenters. The largest absolute Gasteiger partial charge is 0.422 e. The van der Waals surface area contributed by atoms with E-state index in [1.54, 1.807) is 12.1 Å². The minimum Gasteiger partial charge on any atom is -0.267 e. The van der Waals surface area contributed by atoms with Gasteiger partial charge in [-0.3, -0.25) is 4.99 Å². The lowest BCUT2D eigenvalue weighted by Crippen LogP contribution is -2.31. The van der Waals surface area contributed by atoms with Gasteiger partial charge in [0, 0.05) is 6.21 Å². The average molecular weight is 213 g/mol. The Labute approximate surface area is 85.6 Å². The second-order valence-corrected chi connectivity index (χ2v) is 3.57. The molecule has 1 aliphatic heterocycles. The van der Waals surface area contributed by atoms with Gasteiger partial charge in [-0.25, -0.2) is 0 Å². The van der Waals surface area contributed by atoms with Crippen molar-refractivity contribution in [1.29, 1.82) is 0 Å². The molecule has 1 unspecified atom stereocenters. The second-order valence-electron chi connectivity index (χ2n) is 3.57. The van der Waals surface area contributed by atoms with Crippen LogP contribution >= 0.6 is 0 Å². The summed E-state index contributed by atoms with van der Waals surface area (Å²) in [5.74, 6) is 0. The van der Waals surface area contributed by atoms with Crippen molar-refractivity contribution < 1.29 is 13.2 Å². The lowest BCUT2D eigenvalue weighted by Gasteiger charge is -2.17. The first-order valence-electron chi connectivity index (χ1n) is 4.72. The number of nitrogens with zero attached hydrogens (tertiary/aromatic N) is 1. The molecule has 1 aliphatic rings. The Bertz CT molecular complexity index is 383. The lowest BCUT2D eigenvalue weighted by molar-refractivity contribution is -0.156. The molecule has 15 heavy (non-hydrogen) atoms. The molecule has 0 aliphatic carbocycles. The van der Waals surface area contributed by atoms with Crippen molar-refractivity contribution in [2.45, 2.75) is 25.1 Å². The van der Waals surface area contributed by atoms with Gasteiger partial charge in [0.15, 0.2) is 0 Å². The molecule has 0 amide bonds. The van der Waals surface area contributed by atoms with E-state index in [0.717, 1.165) is 18.2 Å². The molecule has 1 aromatic carbocycles. The van der Waals surface area contributed by atoms with Gasteiger partial charge >= 0.3 is 6.18 Å². The standard InChI is InChI=1S/C11H10F3N/c1-2-8-3-5-9(6-4-8)10(7-15-10)11(12,13)14/h3-7H,2H2,1H3. The van der Waals surface area contributed by atoms with Gasteiger partial charge in [-0.2, -0.15) is 13.2 Å². The van der Waals surface area contributed by atoms with Crippen LogP contribution in [0.3, 0.4) is 0 Å². The molecular weight excluding hydrogens is 203 g/mol. The maximum Gasteiger partial charge on any atom is 0.422 e. The first-order valence-corrected chi connectivity index (χ1v) is 4.72. The van der Waals surface area contributed by atoms with Crippen molar-refractivity contribution in [3.63, 3.8) is 0 Å². The van der Waals surface area contributed by atoms with Crippen LogP contribution in [0.4, 0.5) is 13.2 Å². The summed E-state index contributed by atoms with van der Waals surface area (Å²) in [6, 6.07) is 6.42. The third kappa shape index (κ3) is 1.54. The molecule has 0 aromatic heterocycles. The second kappa shape index (κ2) is 3.08. The highest BCUT2D eigenvalue weighted by Gasteiger charge is 2.61. The van der Waals surface area contributed by atoms with E-state index in [0.29, 0.717) is 0 Å². The summed E-state index contributed by atoms with van der Waals surface area (Å²) in [7, 11) is 0. The zero-order valence-electron chi connectivity index (χ0n) is 8.17. The quantitative estimate of drug-likeness (QED) is 0.715. The summed E-state index contributed by atoms with van der Waals surface area (Å²) >= 11 is 0. The van der Waals surface area contributed by atoms with E-state index in [2.05, 4.69) is 4.99 Å². The monoisotopic (exact) mass is 213 g/mol. The van der Waals surface area contributed by atoms with Crippen molar-refractivity contribution in [3.8, 4) is 0 Å². The van der Waals surface area contributed by atoms with Crippen molar-refractivity contribution in [2.75, 3.05) is 0 Å². The van der Waals surface area contributed by atoms with Crippen molar-refractivity contribution in [2.24, 2.45) is 4.99 Å². The minimum atomic E-state index is -4.32. The van der Waals surface area contributed by atoms with Gasteiger partial charge in [0.2, 0.25) is 5.54 Å².